The number of hydrogen-bond acceptors (Lipinski definition) is 4. The van der Waals surface area contributed by atoms with Crippen LogP contribution in [0, 0.1) is 0 Å². The largest absolute Gasteiger partial charge is 0.445 e. The number of unbranched alkanes of at least 4 members (excludes halogenated alkanes) is 4. The Bertz CT molecular complexity index is 689. The van der Waals surface area contributed by atoms with E-state index in [2.05, 4.69) is 17.1 Å². The number of sulfone groups is 1. The van der Waals surface area contributed by atoms with Crippen molar-refractivity contribution in [2.45, 2.75) is 57.6 Å². The third kappa shape index (κ3) is 5.78. The Kier molecular flexibility index (Phi) is 7.03. The number of aromatic nitrogens is 1. The summed E-state index contributed by atoms with van der Waals surface area (Å²) in [5.41, 5.74) is 2.31. The SMILES string of the molecule is CC(C)S(=O)(=O)CCCCCCCc1ccc(-c2ncco2)cc1. The minimum absolute atomic E-state index is 0.253. The number of rotatable bonds is 10. The predicted molar refractivity (Wildman–Crippen MR) is 97.7 cm³/mol. The van der Waals surface area contributed by atoms with Crippen molar-refractivity contribution < 1.29 is 12.8 Å². The van der Waals surface area contributed by atoms with Gasteiger partial charge in [0.2, 0.25) is 5.89 Å². The van der Waals surface area contributed by atoms with Crippen molar-refractivity contribution >= 4 is 9.84 Å². The van der Waals surface area contributed by atoms with E-state index in [0.29, 0.717) is 11.6 Å². The van der Waals surface area contributed by atoms with Gasteiger partial charge < -0.3 is 4.42 Å². The molecule has 2 rings (SSSR count). The molecule has 4 nitrogen and oxygen atoms in total. The van der Waals surface area contributed by atoms with Crippen LogP contribution in [0.4, 0.5) is 0 Å². The monoisotopic (exact) mass is 349 g/mol. The molecular formula is C19H27NO3S. The highest BCUT2D eigenvalue weighted by Gasteiger charge is 2.14. The summed E-state index contributed by atoms with van der Waals surface area (Å²) < 4.78 is 28.7. The van der Waals surface area contributed by atoms with Crippen LogP contribution >= 0.6 is 0 Å². The molecule has 0 saturated carbocycles. The summed E-state index contributed by atoms with van der Waals surface area (Å²) in [5, 5.41) is -0.253. The molecule has 0 aliphatic heterocycles. The number of benzene rings is 1. The fourth-order valence-electron chi connectivity index (χ4n) is 2.58. The van der Waals surface area contributed by atoms with Crippen molar-refractivity contribution in [1.29, 1.82) is 0 Å². The highest BCUT2D eigenvalue weighted by atomic mass is 32.2. The average Bonchev–Trinajstić information content (AvgIpc) is 3.09. The predicted octanol–water partition coefficient (Wildman–Crippen LogP) is 4.66. The Balaban J connectivity index is 1.61. The van der Waals surface area contributed by atoms with E-state index in [4.69, 9.17) is 4.42 Å². The summed E-state index contributed by atoms with van der Waals surface area (Å²) in [7, 11) is -2.87. The minimum atomic E-state index is -2.87. The van der Waals surface area contributed by atoms with E-state index in [0.717, 1.165) is 44.1 Å². The van der Waals surface area contributed by atoms with Gasteiger partial charge in [-0.15, -0.1) is 0 Å². The van der Waals surface area contributed by atoms with Crippen LogP contribution in [0.5, 0.6) is 0 Å². The van der Waals surface area contributed by atoms with Crippen LogP contribution in [-0.4, -0.2) is 24.4 Å². The molecule has 132 valence electrons. The third-order valence-corrected chi connectivity index (χ3v) is 6.54. The molecule has 24 heavy (non-hydrogen) atoms. The summed E-state index contributed by atoms with van der Waals surface area (Å²) in [5.74, 6) is 0.977. The first-order valence-electron chi connectivity index (χ1n) is 8.69. The van der Waals surface area contributed by atoms with Gasteiger partial charge in [-0.25, -0.2) is 13.4 Å². The summed E-state index contributed by atoms with van der Waals surface area (Å²) in [6.07, 6.45) is 9.43. The number of oxazole rings is 1. The lowest BCUT2D eigenvalue weighted by Gasteiger charge is -2.07. The fourth-order valence-corrected chi connectivity index (χ4v) is 3.66. The zero-order valence-electron chi connectivity index (χ0n) is 14.6. The molecule has 0 fully saturated rings. The average molecular weight is 349 g/mol. The molecule has 0 unspecified atom stereocenters. The second-order valence-electron chi connectivity index (χ2n) is 6.47. The Hall–Kier alpha value is -1.62. The van der Waals surface area contributed by atoms with Crippen molar-refractivity contribution in [3.63, 3.8) is 0 Å². The molecule has 0 amide bonds. The molecule has 1 aromatic heterocycles. The van der Waals surface area contributed by atoms with Gasteiger partial charge in [-0.1, -0.05) is 31.4 Å². The summed E-state index contributed by atoms with van der Waals surface area (Å²) >= 11 is 0. The van der Waals surface area contributed by atoms with Gasteiger partial charge in [-0.2, -0.15) is 0 Å². The quantitative estimate of drug-likeness (QED) is 0.585. The molecule has 0 N–H and O–H groups in total. The highest BCUT2D eigenvalue weighted by molar-refractivity contribution is 7.91. The molecule has 0 bridgehead atoms. The van der Waals surface area contributed by atoms with Crippen LogP contribution in [0.3, 0.4) is 0 Å². The first kappa shape index (κ1) is 18.7. The molecule has 0 aliphatic rings. The maximum Gasteiger partial charge on any atom is 0.225 e. The van der Waals surface area contributed by atoms with Crippen molar-refractivity contribution in [3.05, 3.63) is 42.3 Å². The molecule has 5 heteroatoms. The zero-order valence-corrected chi connectivity index (χ0v) is 15.4. The van der Waals surface area contributed by atoms with Gasteiger partial charge in [0.1, 0.15) is 6.26 Å². The summed E-state index contributed by atoms with van der Waals surface area (Å²) in [6, 6.07) is 8.32. The van der Waals surface area contributed by atoms with E-state index in [-0.39, 0.29) is 5.25 Å². The standard InChI is InChI=1S/C19H27NO3S/c1-16(2)24(21,22)15-7-5-3-4-6-8-17-9-11-18(12-10-17)19-20-13-14-23-19/h9-14,16H,3-8,15H2,1-2H3. The van der Waals surface area contributed by atoms with E-state index in [9.17, 15) is 8.42 Å². The lowest BCUT2D eigenvalue weighted by atomic mass is 10.0. The molecule has 1 aromatic carbocycles. The molecule has 0 aliphatic carbocycles. The van der Waals surface area contributed by atoms with Gasteiger partial charge in [0.25, 0.3) is 0 Å². The number of nitrogens with zero attached hydrogens (tertiary/aromatic N) is 1. The van der Waals surface area contributed by atoms with Crippen LogP contribution in [0.15, 0.2) is 41.1 Å². The van der Waals surface area contributed by atoms with Crippen LogP contribution in [-0.2, 0) is 16.3 Å². The van der Waals surface area contributed by atoms with E-state index in [1.54, 1.807) is 26.3 Å². The van der Waals surface area contributed by atoms with Gasteiger partial charge in [-0.3, -0.25) is 0 Å². The van der Waals surface area contributed by atoms with Crippen molar-refractivity contribution in [3.8, 4) is 11.5 Å². The maximum absolute atomic E-state index is 11.7. The van der Waals surface area contributed by atoms with Crippen molar-refractivity contribution in [2.24, 2.45) is 0 Å². The topological polar surface area (TPSA) is 60.2 Å². The molecule has 0 radical (unpaired) electrons. The third-order valence-electron chi connectivity index (χ3n) is 4.25. The van der Waals surface area contributed by atoms with Crippen LogP contribution in [0.1, 0.15) is 51.5 Å². The van der Waals surface area contributed by atoms with Crippen molar-refractivity contribution in [2.75, 3.05) is 5.75 Å². The lowest BCUT2D eigenvalue weighted by Crippen LogP contribution is -2.17. The van der Waals surface area contributed by atoms with Gasteiger partial charge >= 0.3 is 0 Å². The highest BCUT2D eigenvalue weighted by Crippen LogP contribution is 2.18. The lowest BCUT2D eigenvalue weighted by molar-refractivity contribution is 0.574. The Labute approximate surface area is 145 Å². The second-order valence-corrected chi connectivity index (χ2v) is 9.14. The van der Waals surface area contributed by atoms with Gasteiger partial charge in [0.15, 0.2) is 9.84 Å². The molecule has 1 heterocycles. The van der Waals surface area contributed by atoms with Crippen LogP contribution in [0.2, 0.25) is 0 Å². The van der Waals surface area contributed by atoms with E-state index < -0.39 is 9.84 Å². The van der Waals surface area contributed by atoms with Crippen LogP contribution < -0.4 is 0 Å². The first-order chi connectivity index (χ1) is 11.5. The Morgan fingerprint density at radius 2 is 1.67 bits per heavy atom. The molecule has 0 saturated heterocycles. The summed E-state index contributed by atoms with van der Waals surface area (Å²) in [6.45, 7) is 3.51. The minimum Gasteiger partial charge on any atom is -0.445 e. The molecule has 0 atom stereocenters. The number of hydrogen-bond donors (Lipinski definition) is 0. The Morgan fingerprint density at radius 1 is 1.00 bits per heavy atom. The molecule has 0 spiro atoms. The van der Waals surface area contributed by atoms with Gasteiger partial charge in [0.05, 0.1) is 17.2 Å². The second kappa shape index (κ2) is 9.02. The normalized spacial score (nSPS) is 12.0. The fraction of sp³-hybridized carbons (Fsp3) is 0.526. The molecule has 2 aromatic rings. The van der Waals surface area contributed by atoms with Crippen LogP contribution in [0.25, 0.3) is 11.5 Å². The maximum atomic E-state index is 11.7. The zero-order chi connectivity index (χ0) is 17.4. The first-order valence-corrected chi connectivity index (χ1v) is 10.4. The van der Waals surface area contributed by atoms with Gasteiger partial charge in [0, 0.05) is 5.56 Å². The van der Waals surface area contributed by atoms with E-state index >= 15 is 0 Å². The number of aryl methyl sites for hydroxylation is 1. The summed E-state index contributed by atoms with van der Waals surface area (Å²) in [4.78, 5) is 4.14. The van der Waals surface area contributed by atoms with E-state index in [1.165, 1.54) is 5.56 Å². The van der Waals surface area contributed by atoms with Crippen molar-refractivity contribution in [1.82, 2.24) is 4.98 Å². The smallest absolute Gasteiger partial charge is 0.225 e. The molecular weight excluding hydrogens is 322 g/mol. The van der Waals surface area contributed by atoms with E-state index in [1.807, 2.05) is 12.1 Å². The van der Waals surface area contributed by atoms with Gasteiger partial charge in [-0.05, 0) is 50.8 Å². The Morgan fingerprint density at radius 3 is 2.29 bits per heavy atom.